The van der Waals surface area contributed by atoms with Gasteiger partial charge in [0.15, 0.2) is 0 Å². The molecule has 1 saturated carbocycles. The molecule has 1 heterocycles. The lowest BCUT2D eigenvalue weighted by Crippen LogP contribution is -2.60. The van der Waals surface area contributed by atoms with Gasteiger partial charge in [-0.2, -0.15) is 17.5 Å². The van der Waals surface area contributed by atoms with Crippen LogP contribution in [0.15, 0.2) is 18.2 Å². The SMILES string of the molecule is CC(O)CS(=O)(=O)N1CCN(C2(CCNC(=O)c3ccc(C(F)(F)F)cc3Cl)CCC(F)(F)CC2)CC1. The summed E-state index contributed by atoms with van der Waals surface area (Å²) in [5.41, 5.74) is -1.81. The summed E-state index contributed by atoms with van der Waals surface area (Å²) < 4.78 is 92.8. The minimum atomic E-state index is -4.60. The van der Waals surface area contributed by atoms with Crippen LogP contribution in [0.1, 0.15) is 54.9 Å². The first-order valence-electron chi connectivity index (χ1n) is 12.0. The third kappa shape index (κ3) is 7.53. The number of nitrogens with zero attached hydrogens (tertiary/aromatic N) is 2. The number of hydrogen-bond donors (Lipinski definition) is 2. The fourth-order valence-corrected chi connectivity index (χ4v) is 6.84. The highest BCUT2D eigenvalue weighted by atomic mass is 35.5. The number of aliphatic hydroxyl groups is 1. The van der Waals surface area contributed by atoms with Gasteiger partial charge in [-0.25, -0.2) is 17.2 Å². The van der Waals surface area contributed by atoms with E-state index >= 15 is 0 Å². The van der Waals surface area contributed by atoms with Crippen molar-refractivity contribution in [3.05, 3.63) is 34.3 Å². The molecule has 1 aliphatic heterocycles. The minimum absolute atomic E-state index is 0.0717. The first kappa shape index (κ1) is 30.0. The maximum atomic E-state index is 14.0. The molecule has 1 atom stereocenters. The predicted octanol–water partition coefficient (Wildman–Crippen LogP) is 3.76. The summed E-state index contributed by atoms with van der Waals surface area (Å²) in [5, 5.41) is 11.8. The van der Waals surface area contributed by atoms with Gasteiger partial charge in [0.25, 0.3) is 5.91 Å². The van der Waals surface area contributed by atoms with E-state index in [4.69, 9.17) is 11.6 Å². The number of sulfonamides is 1. The zero-order valence-electron chi connectivity index (χ0n) is 20.3. The molecule has 0 spiro atoms. The van der Waals surface area contributed by atoms with E-state index in [0.29, 0.717) is 25.6 Å². The van der Waals surface area contributed by atoms with Gasteiger partial charge in [-0.15, -0.1) is 0 Å². The Bertz CT molecular complexity index is 1070. The van der Waals surface area contributed by atoms with Crippen LogP contribution in [-0.4, -0.2) is 84.7 Å². The fourth-order valence-electron chi connectivity index (χ4n) is 5.04. The van der Waals surface area contributed by atoms with Crippen LogP contribution in [0, 0.1) is 0 Å². The number of aliphatic hydroxyl groups excluding tert-OH is 1. The molecule has 2 N–H and O–H groups in total. The fraction of sp³-hybridized carbons (Fsp3) is 0.696. The van der Waals surface area contributed by atoms with Crippen molar-refractivity contribution in [2.45, 2.75) is 62.8 Å². The number of piperazine rings is 1. The van der Waals surface area contributed by atoms with Crippen molar-refractivity contribution in [1.82, 2.24) is 14.5 Å². The molecule has 0 bridgehead atoms. The predicted molar refractivity (Wildman–Crippen MR) is 128 cm³/mol. The number of amides is 1. The maximum absolute atomic E-state index is 14.0. The highest BCUT2D eigenvalue weighted by Crippen LogP contribution is 2.43. The van der Waals surface area contributed by atoms with Crippen LogP contribution in [0.5, 0.6) is 0 Å². The largest absolute Gasteiger partial charge is 0.416 e. The summed E-state index contributed by atoms with van der Waals surface area (Å²) in [6, 6.07) is 2.42. The molecule has 1 aliphatic carbocycles. The Morgan fingerprint density at radius 2 is 1.73 bits per heavy atom. The van der Waals surface area contributed by atoms with Gasteiger partial charge < -0.3 is 10.4 Å². The summed E-state index contributed by atoms with van der Waals surface area (Å²) in [5.74, 6) is -3.88. The molecule has 2 fully saturated rings. The second kappa shape index (κ2) is 11.3. The third-order valence-electron chi connectivity index (χ3n) is 7.08. The zero-order chi connectivity index (χ0) is 27.6. The molecule has 14 heteroatoms. The Labute approximate surface area is 218 Å². The molecule has 0 aromatic heterocycles. The van der Waals surface area contributed by atoms with Crippen molar-refractivity contribution in [2.75, 3.05) is 38.5 Å². The Kier molecular flexibility index (Phi) is 9.16. The van der Waals surface area contributed by atoms with Gasteiger partial charge in [-0.3, -0.25) is 9.69 Å². The Balaban J connectivity index is 1.66. The monoisotopic (exact) mass is 575 g/mol. The number of alkyl halides is 5. The smallest absolute Gasteiger partial charge is 0.392 e. The van der Waals surface area contributed by atoms with Crippen molar-refractivity contribution in [3.63, 3.8) is 0 Å². The van der Waals surface area contributed by atoms with Gasteiger partial charge in [0, 0.05) is 51.1 Å². The number of hydrogen-bond acceptors (Lipinski definition) is 5. The van der Waals surface area contributed by atoms with Gasteiger partial charge in [-0.05, 0) is 44.4 Å². The first-order valence-corrected chi connectivity index (χ1v) is 14.0. The molecular formula is C23H31ClF5N3O4S. The number of carbonyl (C=O) groups excluding carboxylic acids is 1. The zero-order valence-corrected chi connectivity index (χ0v) is 21.9. The Morgan fingerprint density at radius 1 is 1.14 bits per heavy atom. The number of benzene rings is 1. The van der Waals surface area contributed by atoms with E-state index in [1.165, 1.54) is 11.2 Å². The van der Waals surface area contributed by atoms with Crippen molar-refractivity contribution in [3.8, 4) is 0 Å². The lowest BCUT2D eigenvalue weighted by molar-refractivity contribution is -0.137. The van der Waals surface area contributed by atoms with E-state index in [0.717, 1.165) is 12.1 Å². The third-order valence-corrected chi connectivity index (χ3v) is 9.45. The maximum Gasteiger partial charge on any atom is 0.416 e. The number of halogens is 6. The molecule has 2 aliphatic rings. The van der Waals surface area contributed by atoms with Crippen LogP contribution >= 0.6 is 11.6 Å². The van der Waals surface area contributed by atoms with Gasteiger partial charge >= 0.3 is 6.18 Å². The lowest BCUT2D eigenvalue weighted by Gasteiger charge is -2.51. The van der Waals surface area contributed by atoms with E-state index in [1.54, 1.807) is 0 Å². The van der Waals surface area contributed by atoms with E-state index in [1.807, 2.05) is 4.90 Å². The van der Waals surface area contributed by atoms with Crippen LogP contribution in [0.3, 0.4) is 0 Å². The van der Waals surface area contributed by atoms with Crippen molar-refractivity contribution < 1.29 is 40.3 Å². The minimum Gasteiger partial charge on any atom is -0.392 e. The van der Waals surface area contributed by atoms with Crippen LogP contribution in [0.4, 0.5) is 22.0 Å². The highest BCUT2D eigenvalue weighted by molar-refractivity contribution is 7.89. The average molecular weight is 576 g/mol. The standard InChI is InChI=1S/C23H31ClF5N3O4S/c1-16(33)15-37(35,36)32-12-10-31(11-13-32)21(4-6-22(25,26)7-5-21)8-9-30-20(34)18-3-2-17(14-19(18)24)23(27,28)29/h2-3,14,16,33H,4-13,15H2,1H3,(H,30,34). The quantitative estimate of drug-likeness (QED) is 0.461. The summed E-state index contributed by atoms with van der Waals surface area (Å²) in [4.78, 5) is 14.6. The number of carbonyl (C=O) groups is 1. The molecule has 1 aromatic carbocycles. The summed E-state index contributed by atoms with van der Waals surface area (Å²) >= 11 is 5.90. The Morgan fingerprint density at radius 3 is 2.24 bits per heavy atom. The second-order valence-corrected chi connectivity index (χ2v) is 12.2. The molecule has 0 radical (unpaired) electrons. The van der Waals surface area contributed by atoms with E-state index in [2.05, 4.69) is 5.32 Å². The Hall–Kier alpha value is -1.54. The topological polar surface area (TPSA) is 89.9 Å². The molecule has 1 unspecified atom stereocenters. The van der Waals surface area contributed by atoms with Gasteiger partial charge in [0.1, 0.15) is 0 Å². The van der Waals surface area contributed by atoms with E-state index < -0.39 is 51.0 Å². The van der Waals surface area contributed by atoms with Crippen molar-refractivity contribution in [1.29, 1.82) is 0 Å². The van der Waals surface area contributed by atoms with Crippen LogP contribution in [0.2, 0.25) is 5.02 Å². The molecule has 7 nitrogen and oxygen atoms in total. The second-order valence-electron chi connectivity index (χ2n) is 9.79. The molecule has 210 valence electrons. The first-order chi connectivity index (χ1) is 17.0. The summed E-state index contributed by atoms with van der Waals surface area (Å²) in [6.07, 6.45) is -5.70. The average Bonchev–Trinajstić information content (AvgIpc) is 2.79. The molecular weight excluding hydrogens is 545 g/mol. The number of rotatable bonds is 8. The highest BCUT2D eigenvalue weighted by Gasteiger charge is 2.47. The molecule has 37 heavy (non-hydrogen) atoms. The van der Waals surface area contributed by atoms with Gasteiger partial charge in [-0.1, -0.05) is 11.6 Å². The van der Waals surface area contributed by atoms with Crippen molar-refractivity contribution >= 4 is 27.5 Å². The van der Waals surface area contributed by atoms with E-state index in [-0.39, 0.29) is 55.9 Å². The van der Waals surface area contributed by atoms with Gasteiger partial charge in [0.05, 0.1) is 28.0 Å². The molecule has 1 amide bonds. The van der Waals surface area contributed by atoms with Crippen LogP contribution in [-0.2, 0) is 16.2 Å². The van der Waals surface area contributed by atoms with Crippen LogP contribution < -0.4 is 5.32 Å². The van der Waals surface area contributed by atoms with Crippen LogP contribution in [0.25, 0.3) is 0 Å². The summed E-state index contributed by atoms with van der Waals surface area (Å²) in [6.45, 7) is 2.38. The normalized spacial score (nSPS) is 21.9. The summed E-state index contributed by atoms with van der Waals surface area (Å²) in [7, 11) is -3.65. The molecule has 3 rings (SSSR count). The van der Waals surface area contributed by atoms with E-state index in [9.17, 15) is 40.3 Å². The van der Waals surface area contributed by atoms with Gasteiger partial charge in [0.2, 0.25) is 15.9 Å². The number of nitrogens with one attached hydrogen (secondary N) is 1. The lowest BCUT2D eigenvalue weighted by atomic mass is 9.76. The molecule has 1 saturated heterocycles. The van der Waals surface area contributed by atoms with Crippen molar-refractivity contribution in [2.24, 2.45) is 0 Å². The molecule has 1 aromatic rings.